The van der Waals surface area contributed by atoms with E-state index >= 15 is 0 Å². The van der Waals surface area contributed by atoms with E-state index in [1.54, 1.807) is 38.1 Å². The van der Waals surface area contributed by atoms with E-state index in [1.807, 2.05) is 6.07 Å². The zero-order valence-corrected chi connectivity index (χ0v) is 9.51. The standard InChI is InChI=1S/C10H11Cl2NO/c1-10(2,13(11)12)9(14)8-6-4-3-5-7-8/h3-7H,1-2H3. The van der Waals surface area contributed by atoms with E-state index in [4.69, 9.17) is 23.6 Å². The lowest BCUT2D eigenvalue weighted by Crippen LogP contribution is -2.40. The molecule has 0 spiro atoms. The van der Waals surface area contributed by atoms with E-state index in [2.05, 4.69) is 0 Å². The summed E-state index contributed by atoms with van der Waals surface area (Å²) in [6.07, 6.45) is 0. The Morgan fingerprint density at radius 1 is 1.21 bits per heavy atom. The maximum Gasteiger partial charge on any atom is 0.185 e. The summed E-state index contributed by atoms with van der Waals surface area (Å²) in [6, 6.07) is 8.93. The van der Waals surface area contributed by atoms with Gasteiger partial charge in [0.1, 0.15) is 5.54 Å². The summed E-state index contributed by atoms with van der Waals surface area (Å²) >= 11 is 11.2. The van der Waals surface area contributed by atoms with Crippen molar-refractivity contribution in [3.05, 3.63) is 35.9 Å². The van der Waals surface area contributed by atoms with Gasteiger partial charge in [0.25, 0.3) is 0 Å². The third-order valence-electron chi connectivity index (χ3n) is 2.01. The number of rotatable bonds is 3. The molecule has 4 heteroatoms. The first-order valence-corrected chi connectivity index (χ1v) is 4.85. The van der Waals surface area contributed by atoms with Crippen molar-refractivity contribution in [3.8, 4) is 0 Å². The first-order chi connectivity index (χ1) is 6.46. The molecule has 0 aliphatic rings. The van der Waals surface area contributed by atoms with Gasteiger partial charge in [0.2, 0.25) is 0 Å². The Morgan fingerprint density at radius 2 is 1.71 bits per heavy atom. The van der Waals surface area contributed by atoms with Gasteiger partial charge in [-0.05, 0) is 37.4 Å². The molecule has 0 fully saturated rings. The molecule has 0 unspecified atom stereocenters. The Hall–Kier alpha value is -0.570. The zero-order chi connectivity index (χ0) is 10.8. The predicted octanol–water partition coefficient (Wildman–Crippen LogP) is 3.26. The first kappa shape index (κ1) is 11.5. The number of hydrogen-bond donors (Lipinski definition) is 0. The monoisotopic (exact) mass is 231 g/mol. The van der Waals surface area contributed by atoms with Crippen LogP contribution in [0, 0.1) is 0 Å². The highest BCUT2D eigenvalue weighted by molar-refractivity contribution is 6.36. The normalized spacial score (nSPS) is 11.8. The van der Waals surface area contributed by atoms with Crippen molar-refractivity contribution in [2.45, 2.75) is 19.4 Å². The van der Waals surface area contributed by atoms with Gasteiger partial charge in [0.05, 0.1) is 0 Å². The van der Waals surface area contributed by atoms with Gasteiger partial charge in [-0.3, -0.25) is 4.79 Å². The molecule has 0 radical (unpaired) electrons. The van der Waals surface area contributed by atoms with E-state index < -0.39 is 5.54 Å². The van der Waals surface area contributed by atoms with Crippen LogP contribution >= 0.6 is 23.6 Å². The lowest BCUT2D eigenvalue weighted by molar-refractivity contribution is 0.0858. The fourth-order valence-electron chi connectivity index (χ4n) is 1.02. The molecule has 0 bridgehead atoms. The highest BCUT2D eigenvalue weighted by atomic mass is 35.5. The topological polar surface area (TPSA) is 20.3 Å². The number of Topliss-reactive ketones (excluding diaryl/α,β-unsaturated/α-hetero) is 1. The minimum atomic E-state index is -0.912. The predicted molar refractivity (Wildman–Crippen MR) is 58.4 cm³/mol. The van der Waals surface area contributed by atoms with E-state index in [0.29, 0.717) is 5.56 Å². The molecule has 0 heterocycles. The van der Waals surface area contributed by atoms with Crippen molar-refractivity contribution in [1.82, 2.24) is 3.94 Å². The fraction of sp³-hybridized carbons (Fsp3) is 0.300. The van der Waals surface area contributed by atoms with Crippen LogP contribution < -0.4 is 0 Å². The van der Waals surface area contributed by atoms with E-state index in [9.17, 15) is 4.79 Å². The van der Waals surface area contributed by atoms with Gasteiger partial charge in [0.15, 0.2) is 5.78 Å². The molecule has 0 saturated heterocycles. The van der Waals surface area contributed by atoms with Crippen LogP contribution in [0.2, 0.25) is 0 Å². The van der Waals surface area contributed by atoms with Gasteiger partial charge in [0, 0.05) is 5.56 Å². The maximum absolute atomic E-state index is 11.9. The number of halogens is 2. The van der Waals surface area contributed by atoms with Gasteiger partial charge in [-0.1, -0.05) is 30.3 Å². The van der Waals surface area contributed by atoms with Crippen LogP contribution in [-0.4, -0.2) is 15.3 Å². The Morgan fingerprint density at radius 3 is 2.14 bits per heavy atom. The quantitative estimate of drug-likeness (QED) is 0.588. The Bertz CT molecular complexity index is 322. The number of nitrogens with zero attached hydrogens (tertiary/aromatic N) is 1. The maximum atomic E-state index is 11.9. The second kappa shape index (κ2) is 4.30. The Balaban J connectivity index is 2.97. The molecule has 0 aliphatic carbocycles. The van der Waals surface area contributed by atoms with Gasteiger partial charge in [-0.15, -0.1) is 3.94 Å². The van der Waals surface area contributed by atoms with Crippen molar-refractivity contribution < 1.29 is 4.79 Å². The molecule has 0 aromatic heterocycles. The second-order valence-electron chi connectivity index (χ2n) is 3.49. The molecule has 0 N–H and O–H groups in total. The van der Waals surface area contributed by atoms with Crippen molar-refractivity contribution in [1.29, 1.82) is 0 Å². The number of benzene rings is 1. The van der Waals surface area contributed by atoms with Crippen LogP contribution in [0.25, 0.3) is 0 Å². The summed E-state index contributed by atoms with van der Waals surface area (Å²) in [7, 11) is 0. The number of ketones is 1. The fourth-order valence-corrected chi connectivity index (χ4v) is 1.17. The van der Waals surface area contributed by atoms with Crippen LogP contribution in [0.15, 0.2) is 30.3 Å². The van der Waals surface area contributed by atoms with Crippen molar-refractivity contribution in [3.63, 3.8) is 0 Å². The molecule has 0 atom stereocenters. The SMILES string of the molecule is CC(C)(C(=O)c1ccccc1)N(Cl)Cl. The molecule has 1 aromatic rings. The molecular formula is C10H11Cl2NO. The molecule has 76 valence electrons. The summed E-state index contributed by atoms with van der Waals surface area (Å²) in [5.74, 6) is -0.108. The van der Waals surface area contributed by atoms with Crippen molar-refractivity contribution >= 4 is 29.3 Å². The molecule has 0 amide bonds. The summed E-state index contributed by atoms with van der Waals surface area (Å²) in [6.45, 7) is 3.34. The molecule has 1 rings (SSSR count). The van der Waals surface area contributed by atoms with E-state index in [1.165, 1.54) is 0 Å². The van der Waals surface area contributed by atoms with Crippen LogP contribution in [0.3, 0.4) is 0 Å². The second-order valence-corrected chi connectivity index (χ2v) is 4.34. The summed E-state index contributed by atoms with van der Waals surface area (Å²) in [5, 5.41) is 0. The molecule has 0 saturated carbocycles. The Labute approximate surface area is 93.6 Å². The van der Waals surface area contributed by atoms with Gasteiger partial charge < -0.3 is 0 Å². The summed E-state index contributed by atoms with van der Waals surface area (Å²) < 4.78 is 0.877. The van der Waals surface area contributed by atoms with E-state index in [-0.39, 0.29) is 5.78 Å². The minimum absolute atomic E-state index is 0.108. The molecule has 14 heavy (non-hydrogen) atoms. The lowest BCUT2D eigenvalue weighted by atomic mass is 9.94. The number of carbonyl (C=O) groups excluding carboxylic acids is 1. The van der Waals surface area contributed by atoms with Crippen molar-refractivity contribution in [2.75, 3.05) is 0 Å². The van der Waals surface area contributed by atoms with Gasteiger partial charge in [-0.2, -0.15) is 0 Å². The summed E-state index contributed by atoms with van der Waals surface area (Å²) in [5.41, 5.74) is -0.311. The number of hydrogen-bond acceptors (Lipinski definition) is 2. The smallest absolute Gasteiger partial charge is 0.185 e. The highest BCUT2D eigenvalue weighted by Gasteiger charge is 2.33. The third kappa shape index (κ3) is 2.27. The molecule has 2 nitrogen and oxygen atoms in total. The average molecular weight is 232 g/mol. The molecule has 0 aliphatic heterocycles. The van der Waals surface area contributed by atoms with Crippen molar-refractivity contribution in [2.24, 2.45) is 0 Å². The summed E-state index contributed by atoms with van der Waals surface area (Å²) in [4.78, 5) is 11.9. The molecular weight excluding hydrogens is 221 g/mol. The Kier molecular flexibility index (Phi) is 3.53. The van der Waals surface area contributed by atoms with E-state index in [0.717, 1.165) is 3.94 Å². The van der Waals surface area contributed by atoms with Crippen LogP contribution in [0.4, 0.5) is 0 Å². The van der Waals surface area contributed by atoms with Gasteiger partial charge >= 0.3 is 0 Å². The van der Waals surface area contributed by atoms with Crippen LogP contribution in [-0.2, 0) is 0 Å². The molecule has 1 aromatic carbocycles. The lowest BCUT2D eigenvalue weighted by Gasteiger charge is -2.25. The van der Waals surface area contributed by atoms with Crippen LogP contribution in [0.1, 0.15) is 24.2 Å². The zero-order valence-electron chi connectivity index (χ0n) is 8.00. The highest BCUT2D eigenvalue weighted by Crippen LogP contribution is 2.24. The first-order valence-electron chi connectivity index (χ1n) is 4.18. The average Bonchev–Trinajstić information content (AvgIpc) is 2.17. The minimum Gasteiger partial charge on any atom is -0.292 e. The van der Waals surface area contributed by atoms with Crippen LogP contribution in [0.5, 0.6) is 0 Å². The third-order valence-corrected chi connectivity index (χ3v) is 2.86. The number of carbonyl (C=O) groups is 1. The largest absolute Gasteiger partial charge is 0.292 e. The van der Waals surface area contributed by atoms with Gasteiger partial charge in [-0.25, -0.2) is 0 Å².